The van der Waals surface area contributed by atoms with Gasteiger partial charge in [0.25, 0.3) is 5.70 Å². The number of hydrogen-bond donors (Lipinski definition) is 0. The highest BCUT2D eigenvalue weighted by Gasteiger charge is 2.15. The minimum absolute atomic E-state index is 0.202. The molecule has 1 aliphatic rings. The Balaban J connectivity index is 2.54. The van der Waals surface area contributed by atoms with E-state index in [2.05, 4.69) is 4.90 Å². The first-order chi connectivity index (χ1) is 9.54. The zero-order valence-corrected chi connectivity index (χ0v) is 13.0. The molecule has 1 fully saturated rings. The van der Waals surface area contributed by atoms with Crippen LogP contribution in [0.2, 0.25) is 0 Å². The largest absolute Gasteiger partial charge is 0.374 e. The van der Waals surface area contributed by atoms with Crippen LogP contribution in [0.3, 0.4) is 0 Å². The summed E-state index contributed by atoms with van der Waals surface area (Å²) in [7, 11) is 1.91. The molecule has 1 saturated heterocycles. The molecule has 20 heavy (non-hydrogen) atoms. The highest BCUT2D eigenvalue weighted by molar-refractivity contribution is 5.22. The number of rotatable bonds is 7. The Bertz CT molecular complexity index is 371. The number of allylic oxidation sites excluding steroid dienone is 2. The zero-order chi connectivity index (χ0) is 15.0. The lowest BCUT2D eigenvalue weighted by Crippen LogP contribution is -2.35. The van der Waals surface area contributed by atoms with E-state index < -0.39 is 0 Å². The summed E-state index contributed by atoms with van der Waals surface area (Å²) in [5.74, 6) is 0. The molecule has 1 aliphatic heterocycles. The highest BCUT2D eigenvalue weighted by Crippen LogP contribution is 2.12. The molecule has 114 valence electrons. The van der Waals surface area contributed by atoms with Crippen LogP contribution in [0.5, 0.6) is 0 Å². The molecular formula is C15H27N3O2. The summed E-state index contributed by atoms with van der Waals surface area (Å²) in [5.41, 5.74) is 0.940. The van der Waals surface area contributed by atoms with Crippen LogP contribution >= 0.6 is 0 Å². The van der Waals surface area contributed by atoms with Crippen molar-refractivity contribution in [1.82, 2.24) is 9.80 Å². The molecule has 0 aromatic rings. The van der Waals surface area contributed by atoms with Crippen molar-refractivity contribution in [3.8, 4) is 0 Å². The van der Waals surface area contributed by atoms with Gasteiger partial charge in [0.15, 0.2) is 0 Å². The van der Waals surface area contributed by atoms with E-state index in [4.69, 9.17) is 0 Å². The van der Waals surface area contributed by atoms with Crippen LogP contribution < -0.4 is 0 Å². The minimum atomic E-state index is -0.293. The molecule has 5 nitrogen and oxygen atoms in total. The van der Waals surface area contributed by atoms with Crippen LogP contribution in [-0.4, -0.2) is 47.9 Å². The third-order valence-corrected chi connectivity index (χ3v) is 3.67. The van der Waals surface area contributed by atoms with Crippen molar-refractivity contribution < 1.29 is 4.92 Å². The van der Waals surface area contributed by atoms with Gasteiger partial charge in [-0.25, -0.2) is 0 Å². The van der Waals surface area contributed by atoms with Crippen LogP contribution in [0.25, 0.3) is 0 Å². The lowest BCUT2D eigenvalue weighted by atomic mass is 10.1. The molecule has 0 N–H and O–H groups in total. The van der Waals surface area contributed by atoms with Crippen molar-refractivity contribution in [2.75, 3.05) is 33.2 Å². The number of hydrogen-bond acceptors (Lipinski definition) is 4. The average molecular weight is 281 g/mol. The number of nitrogens with zero attached hydrogens (tertiary/aromatic N) is 3. The first kappa shape index (κ1) is 16.7. The van der Waals surface area contributed by atoms with E-state index in [0.717, 1.165) is 38.2 Å². The first-order valence-corrected chi connectivity index (χ1v) is 7.50. The van der Waals surface area contributed by atoms with Gasteiger partial charge < -0.3 is 9.80 Å². The van der Waals surface area contributed by atoms with E-state index >= 15 is 0 Å². The van der Waals surface area contributed by atoms with Gasteiger partial charge in [-0.15, -0.1) is 0 Å². The maximum atomic E-state index is 11.1. The Morgan fingerprint density at radius 1 is 1.35 bits per heavy atom. The van der Waals surface area contributed by atoms with Gasteiger partial charge in [0.05, 0.1) is 11.1 Å². The van der Waals surface area contributed by atoms with Gasteiger partial charge in [0.2, 0.25) is 0 Å². The van der Waals surface area contributed by atoms with Crippen LogP contribution in [0.1, 0.15) is 39.5 Å². The smallest absolute Gasteiger partial charge is 0.287 e. The minimum Gasteiger partial charge on any atom is -0.374 e. The van der Waals surface area contributed by atoms with Crippen molar-refractivity contribution in [2.24, 2.45) is 0 Å². The maximum absolute atomic E-state index is 11.1. The predicted octanol–water partition coefficient (Wildman–Crippen LogP) is 2.88. The van der Waals surface area contributed by atoms with Crippen LogP contribution in [0.15, 0.2) is 23.5 Å². The Morgan fingerprint density at radius 3 is 2.55 bits per heavy atom. The second-order valence-corrected chi connectivity index (χ2v) is 5.45. The second kappa shape index (κ2) is 8.74. The van der Waals surface area contributed by atoms with Crippen LogP contribution in [0, 0.1) is 10.1 Å². The van der Waals surface area contributed by atoms with Crippen molar-refractivity contribution >= 4 is 0 Å². The molecule has 1 rings (SSSR count). The fourth-order valence-electron chi connectivity index (χ4n) is 2.46. The predicted molar refractivity (Wildman–Crippen MR) is 82.0 cm³/mol. The van der Waals surface area contributed by atoms with Crippen molar-refractivity contribution in [3.63, 3.8) is 0 Å². The van der Waals surface area contributed by atoms with Gasteiger partial charge in [-0.2, -0.15) is 0 Å². The van der Waals surface area contributed by atoms with Gasteiger partial charge in [0, 0.05) is 25.7 Å². The molecule has 0 unspecified atom stereocenters. The van der Waals surface area contributed by atoms with Gasteiger partial charge in [-0.3, -0.25) is 10.1 Å². The number of nitro groups is 1. The summed E-state index contributed by atoms with van der Waals surface area (Å²) in [4.78, 5) is 15.2. The van der Waals surface area contributed by atoms with Crippen LogP contribution in [-0.2, 0) is 0 Å². The second-order valence-electron chi connectivity index (χ2n) is 5.45. The molecule has 0 aliphatic carbocycles. The molecule has 0 aromatic carbocycles. The van der Waals surface area contributed by atoms with E-state index in [9.17, 15) is 10.1 Å². The van der Waals surface area contributed by atoms with Crippen molar-refractivity contribution in [1.29, 1.82) is 0 Å². The van der Waals surface area contributed by atoms with Gasteiger partial charge in [-0.05, 0) is 39.3 Å². The van der Waals surface area contributed by atoms with Gasteiger partial charge in [-0.1, -0.05) is 19.4 Å². The van der Waals surface area contributed by atoms with E-state index in [1.165, 1.54) is 19.3 Å². The SMILES string of the molecule is CC/C=C(C)/C(=C\N(C)CCN1CCCCC1)[N+](=O)[O-]. The molecule has 0 aromatic heterocycles. The monoisotopic (exact) mass is 281 g/mol. The van der Waals surface area contributed by atoms with E-state index in [0.29, 0.717) is 0 Å². The molecule has 0 radical (unpaired) electrons. The Hall–Kier alpha value is -1.36. The normalized spacial score (nSPS) is 18.1. The van der Waals surface area contributed by atoms with E-state index in [-0.39, 0.29) is 10.6 Å². The third-order valence-electron chi connectivity index (χ3n) is 3.67. The highest BCUT2D eigenvalue weighted by atomic mass is 16.6. The Labute approximate surface area is 122 Å². The molecule has 1 heterocycles. The first-order valence-electron chi connectivity index (χ1n) is 7.50. The van der Waals surface area contributed by atoms with Gasteiger partial charge in [0.1, 0.15) is 0 Å². The fraction of sp³-hybridized carbons (Fsp3) is 0.733. The standard InChI is InChI=1S/C15H27N3O2/c1-4-8-14(2)15(18(19)20)13-16(3)11-12-17-9-6-5-7-10-17/h8,13H,4-7,9-12H2,1-3H3/b14-8+,15-13+. The molecule has 0 bridgehead atoms. The van der Waals surface area contributed by atoms with Gasteiger partial charge >= 0.3 is 0 Å². The Kier molecular flexibility index (Phi) is 7.30. The topological polar surface area (TPSA) is 49.6 Å². The van der Waals surface area contributed by atoms with Crippen molar-refractivity contribution in [2.45, 2.75) is 39.5 Å². The van der Waals surface area contributed by atoms with E-state index in [1.54, 1.807) is 13.1 Å². The summed E-state index contributed by atoms with van der Waals surface area (Å²) < 4.78 is 0. The lowest BCUT2D eigenvalue weighted by molar-refractivity contribution is -0.421. The number of likely N-dealkylation sites (N-methyl/N-ethyl adjacent to an activating group) is 1. The maximum Gasteiger partial charge on any atom is 0.287 e. The zero-order valence-electron chi connectivity index (χ0n) is 13.0. The molecule has 0 amide bonds. The third kappa shape index (κ3) is 5.74. The van der Waals surface area contributed by atoms with Crippen LogP contribution in [0.4, 0.5) is 0 Å². The van der Waals surface area contributed by atoms with Crippen molar-refractivity contribution in [3.05, 3.63) is 33.7 Å². The molecule has 0 saturated carbocycles. The number of piperidine rings is 1. The average Bonchev–Trinajstić information content (AvgIpc) is 2.43. The number of likely N-dealkylation sites (tertiary alicyclic amines) is 1. The molecule has 0 atom stereocenters. The lowest BCUT2D eigenvalue weighted by Gasteiger charge is -2.28. The Morgan fingerprint density at radius 2 is 2.00 bits per heavy atom. The summed E-state index contributed by atoms with van der Waals surface area (Å²) >= 11 is 0. The fourth-order valence-corrected chi connectivity index (χ4v) is 2.46. The molecular weight excluding hydrogens is 254 g/mol. The quantitative estimate of drug-likeness (QED) is 0.409. The molecule has 0 spiro atoms. The molecule has 5 heteroatoms. The summed E-state index contributed by atoms with van der Waals surface area (Å²) in [6, 6.07) is 0. The summed E-state index contributed by atoms with van der Waals surface area (Å²) in [6.45, 7) is 7.92. The van der Waals surface area contributed by atoms with E-state index in [1.807, 2.05) is 24.9 Å². The summed E-state index contributed by atoms with van der Waals surface area (Å²) in [5, 5.41) is 11.1. The summed E-state index contributed by atoms with van der Waals surface area (Å²) in [6.07, 6.45) is 8.25.